The Kier molecular flexibility index (Phi) is 5.05. The summed E-state index contributed by atoms with van der Waals surface area (Å²) >= 11 is 0. The van der Waals surface area contributed by atoms with Crippen molar-refractivity contribution in [3.63, 3.8) is 0 Å². The number of amides is 1. The molecule has 0 aliphatic carbocycles. The number of aryl methyl sites for hydroxylation is 3. The molecule has 1 fully saturated rings. The van der Waals surface area contributed by atoms with Crippen LogP contribution < -0.4 is 0 Å². The predicted molar refractivity (Wildman–Crippen MR) is 101 cm³/mol. The molecule has 1 saturated heterocycles. The van der Waals surface area contributed by atoms with Crippen molar-refractivity contribution < 1.29 is 4.79 Å². The lowest BCUT2D eigenvalue weighted by Gasteiger charge is -2.25. The van der Waals surface area contributed by atoms with Crippen molar-refractivity contribution in [2.75, 3.05) is 6.54 Å². The Labute approximate surface area is 155 Å². The first-order chi connectivity index (χ1) is 12.7. The number of nitrogens with zero attached hydrogens (tertiary/aromatic N) is 4. The second kappa shape index (κ2) is 7.60. The zero-order valence-corrected chi connectivity index (χ0v) is 15.7. The molecule has 1 aromatic heterocycles. The van der Waals surface area contributed by atoms with Crippen LogP contribution in [0.5, 0.6) is 0 Å². The molecule has 4 rings (SSSR count). The standard InChI is InChI=1S/C21H28N4O/c1-16-7-5-8-17(15-16)11-12-20(26)24-14-6-9-18(24)21-23-22-19-10-3-2-4-13-25(19)21/h5,7-8,15,18H,2-4,6,9-14H2,1H3. The van der Waals surface area contributed by atoms with Gasteiger partial charge in [0.15, 0.2) is 5.82 Å². The maximum atomic E-state index is 12.9. The molecule has 1 unspecified atom stereocenters. The average Bonchev–Trinajstić information content (AvgIpc) is 3.21. The second-order valence-corrected chi connectivity index (χ2v) is 7.67. The van der Waals surface area contributed by atoms with E-state index in [4.69, 9.17) is 0 Å². The van der Waals surface area contributed by atoms with Crippen molar-refractivity contribution in [1.82, 2.24) is 19.7 Å². The fourth-order valence-electron chi connectivity index (χ4n) is 4.35. The van der Waals surface area contributed by atoms with E-state index in [1.165, 1.54) is 30.4 Å². The molecule has 3 heterocycles. The molecule has 0 N–H and O–H groups in total. The summed E-state index contributed by atoms with van der Waals surface area (Å²) in [6, 6.07) is 8.56. The molecule has 26 heavy (non-hydrogen) atoms. The first-order valence-electron chi connectivity index (χ1n) is 9.99. The summed E-state index contributed by atoms with van der Waals surface area (Å²) in [7, 11) is 0. The Morgan fingerprint density at radius 1 is 1.15 bits per heavy atom. The molecule has 0 bridgehead atoms. The van der Waals surface area contributed by atoms with Crippen molar-refractivity contribution in [1.29, 1.82) is 0 Å². The Hall–Kier alpha value is -2.17. The van der Waals surface area contributed by atoms with Gasteiger partial charge in [0, 0.05) is 25.9 Å². The van der Waals surface area contributed by atoms with Crippen LogP contribution in [0.3, 0.4) is 0 Å². The molecule has 5 heteroatoms. The number of aromatic nitrogens is 3. The van der Waals surface area contributed by atoms with Gasteiger partial charge in [-0.05, 0) is 44.6 Å². The predicted octanol–water partition coefficient (Wildman–Crippen LogP) is 3.61. The van der Waals surface area contributed by atoms with E-state index in [2.05, 4.69) is 50.9 Å². The van der Waals surface area contributed by atoms with Gasteiger partial charge >= 0.3 is 0 Å². The average molecular weight is 352 g/mol. The van der Waals surface area contributed by atoms with Crippen LogP contribution >= 0.6 is 0 Å². The van der Waals surface area contributed by atoms with Gasteiger partial charge in [-0.25, -0.2) is 0 Å². The van der Waals surface area contributed by atoms with E-state index >= 15 is 0 Å². The largest absolute Gasteiger partial charge is 0.332 e. The maximum Gasteiger partial charge on any atom is 0.223 e. The summed E-state index contributed by atoms with van der Waals surface area (Å²) in [6.07, 6.45) is 8.10. The third kappa shape index (κ3) is 3.53. The number of benzene rings is 1. The number of hydrogen-bond donors (Lipinski definition) is 0. The maximum absolute atomic E-state index is 12.9. The highest BCUT2D eigenvalue weighted by Gasteiger charge is 2.34. The first kappa shape index (κ1) is 17.3. The van der Waals surface area contributed by atoms with Gasteiger partial charge in [0.1, 0.15) is 5.82 Å². The molecule has 0 spiro atoms. The lowest BCUT2D eigenvalue weighted by Crippen LogP contribution is -2.32. The van der Waals surface area contributed by atoms with Gasteiger partial charge in [0.25, 0.3) is 0 Å². The van der Waals surface area contributed by atoms with Crippen molar-refractivity contribution in [2.24, 2.45) is 0 Å². The number of carbonyl (C=O) groups excluding carboxylic acids is 1. The van der Waals surface area contributed by atoms with Crippen LogP contribution in [0.1, 0.15) is 67.3 Å². The minimum Gasteiger partial charge on any atom is -0.332 e. The van der Waals surface area contributed by atoms with Crippen molar-refractivity contribution in [2.45, 2.75) is 70.9 Å². The number of rotatable bonds is 4. The van der Waals surface area contributed by atoms with Crippen LogP contribution in [0.15, 0.2) is 24.3 Å². The zero-order chi connectivity index (χ0) is 17.9. The highest BCUT2D eigenvalue weighted by molar-refractivity contribution is 5.77. The summed E-state index contributed by atoms with van der Waals surface area (Å²) in [6.45, 7) is 3.94. The van der Waals surface area contributed by atoms with E-state index in [-0.39, 0.29) is 11.9 Å². The monoisotopic (exact) mass is 352 g/mol. The van der Waals surface area contributed by atoms with Crippen LogP contribution in [0.2, 0.25) is 0 Å². The molecular weight excluding hydrogens is 324 g/mol. The highest BCUT2D eigenvalue weighted by Crippen LogP contribution is 2.33. The van der Waals surface area contributed by atoms with Crippen molar-refractivity contribution in [3.05, 3.63) is 47.0 Å². The van der Waals surface area contributed by atoms with Gasteiger partial charge in [0.2, 0.25) is 5.91 Å². The molecule has 2 aliphatic heterocycles. The SMILES string of the molecule is Cc1cccc(CCC(=O)N2CCCC2c2nnc3n2CCCCC3)c1. The molecule has 1 atom stereocenters. The summed E-state index contributed by atoms with van der Waals surface area (Å²) in [5.74, 6) is 2.37. The normalized spacial score (nSPS) is 20.0. The molecule has 0 saturated carbocycles. The molecule has 1 aromatic carbocycles. The fourth-order valence-corrected chi connectivity index (χ4v) is 4.35. The van der Waals surface area contributed by atoms with Gasteiger partial charge in [-0.15, -0.1) is 10.2 Å². The minimum absolute atomic E-state index is 0.111. The lowest BCUT2D eigenvalue weighted by molar-refractivity contribution is -0.132. The summed E-state index contributed by atoms with van der Waals surface area (Å²) in [4.78, 5) is 15.0. The van der Waals surface area contributed by atoms with E-state index < -0.39 is 0 Å². The van der Waals surface area contributed by atoms with Crippen molar-refractivity contribution in [3.8, 4) is 0 Å². The van der Waals surface area contributed by atoms with Crippen LogP contribution in [-0.4, -0.2) is 32.1 Å². The number of carbonyl (C=O) groups is 1. The quantitative estimate of drug-likeness (QED) is 0.845. The van der Waals surface area contributed by atoms with E-state index in [0.717, 1.165) is 50.4 Å². The van der Waals surface area contributed by atoms with Gasteiger partial charge in [-0.3, -0.25) is 4.79 Å². The molecule has 5 nitrogen and oxygen atoms in total. The third-order valence-electron chi connectivity index (χ3n) is 5.72. The zero-order valence-electron chi connectivity index (χ0n) is 15.7. The molecule has 1 amide bonds. The van der Waals surface area contributed by atoms with Gasteiger partial charge in [-0.2, -0.15) is 0 Å². The van der Waals surface area contributed by atoms with E-state index in [1.54, 1.807) is 0 Å². The topological polar surface area (TPSA) is 51.0 Å². The van der Waals surface area contributed by atoms with Gasteiger partial charge in [-0.1, -0.05) is 36.2 Å². The van der Waals surface area contributed by atoms with Crippen molar-refractivity contribution >= 4 is 5.91 Å². The van der Waals surface area contributed by atoms with E-state index in [0.29, 0.717) is 6.42 Å². The molecule has 2 aliphatic rings. The Balaban J connectivity index is 1.46. The van der Waals surface area contributed by atoms with E-state index in [9.17, 15) is 4.79 Å². The Morgan fingerprint density at radius 2 is 2.08 bits per heavy atom. The summed E-state index contributed by atoms with van der Waals surface area (Å²) < 4.78 is 2.30. The molecule has 0 radical (unpaired) electrons. The highest BCUT2D eigenvalue weighted by atomic mass is 16.2. The Bertz CT molecular complexity index is 782. The molecular formula is C21H28N4O. The van der Waals surface area contributed by atoms with Crippen LogP contribution in [-0.2, 0) is 24.2 Å². The van der Waals surface area contributed by atoms with Gasteiger partial charge in [0.05, 0.1) is 6.04 Å². The van der Waals surface area contributed by atoms with E-state index in [1.807, 2.05) is 0 Å². The third-order valence-corrected chi connectivity index (χ3v) is 5.72. The summed E-state index contributed by atoms with van der Waals surface area (Å²) in [5, 5.41) is 8.94. The molecule has 138 valence electrons. The molecule has 2 aromatic rings. The number of fused-ring (bicyclic) bond motifs is 1. The van der Waals surface area contributed by atoms with Crippen LogP contribution in [0.25, 0.3) is 0 Å². The number of likely N-dealkylation sites (tertiary alicyclic amines) is 1. The van der Waals surface area contributed by atoms with Crippen LogP contribution in [0, 0.1) is 6.92 Å². The Morgan fingerprint density at radius 3 is 2.96 bits per heavy atom. The van der Waals surface area contributed by atoms with Gasteiger partial charge < -0.3 is 9.47 Å². The first-order valence-corrected chi connectivity index (χ1v) is 9.99. The smallest absolute Gasteiger partial charge is 0.223 e. The number of hydrogen-bond acceptors (Lipinski definition) is 3. The fraction of sp³-hybridized carbons (Fsp3) is 0.571. The minimum atomic E-state index is 0.111. The second-order valence-electron chi connectivity index (χ2n) is 7.67. The lowest BCUT2D eigenvalue weighted by atomic mass is 10.1. The summed E-state index contributed by atoms with van der Waals surface area (Å²) in [5.41, 5.74) is 2.49. The van der Waals surface area contributed by atoms with Crippen LogP contribution in [0.4, 0.5) is 0 Å².